The van der Waals surface area contributed by atoms with Crippen molar-refractivity contribution in [3.8, 4) is 0 Å². The van der Waals surface area contributed by atoms with E-state index in [4.69, 9.17) is 11.6 Å². The molecule has 17 heavy (non-hydrogen) atoms. The van der Waals surface area contributed by atoms with Crippen LogP contribution in [0.2, 0.25) is 5.02 Å². The van der Waals surface area contributed by atoms with Crippen molar-refractivity contribution in [3.05, 3.63) is 26.8 Å². The van der Waals surface area contributed by atoms with Crippen LogP contribution in [0, 0.1) is 3.57 Å². The van der Waals surface area contributed by atoms with E-state index >= 15 is 0 Å². The number of anilines is 1. The van der Waals surface area contributed by atoms with Gasteiger partial charge in [0.05, 0.1) is 10.7 Å². The van der Waals surface area contributed by atoms with E-state index in [1.54, 1.807) is 0 Å². The van der Waals surface area contributed by atoms with Gasteiger partial charge in [0.15, 0.2) is 0 Å². The highest BCUT2D eigenvalue weighted by Crippen LogP contribution is 2.26. The topological polar surface area (TPSA) is 15.3 Å². The third-order valence-corrected chi connectivity index (χ3v) is 4.23. The van der Waals surface area contributed by atoms with Crippen LogP contribution in [0.1, 0.15) is 19.3 Å². The monoisotopic (exact) mass is 364 g/mol. The zero-order valence-corrected chi connectivity index (χ0v) is 13.0. The fourth-order valence-electron chi connectivity index (χ4n) is 2.21. The van der Waals surface area contributed by atoms with Gasteiger partial charge in [0.25, 0.3) is 0 Å². The minimum absolute atomic E-state index is 0.553. The standard InChI is InChI=1S/C13H18ClIN2/c1-17-7-2-3-11(6-8-17)16-13-5-4-10(15)9-12(13)14/h4-5,9,11,16H,2-3,6-8H2,1H3. The van der Waals surface area contributed by atoms with Gasteiger partial charge in [0.2, 0.25) is 0 Å². The lowest BCUT2D eigenvalue weighted by atomic mass is 10.1. The summed E-state index contributed by atoms with van der Waals surface area (Å²) in [6, 6.07) is 6.74. The summed E-state index contributed by atoms with van der Waals surface area (Å²) in [6.45, 7) is 2.37. The van der Waals surface area contributed by atoms with Crippen LogP contribution in [0.5, 0.6) is 0 Å². The van der Waals surface area contributed by atoms with Gasteiger partial charge in [0, 0.05) is 9.61 Å². The predicted molar refractivity (Wildman–Crippen MR) is 82.9 cm³/mol. The zero-order valence-electron chi connectivity index (χ0n) is 10.0. The predicted octanol–water partition coefficient (Wildman–Crippen LogP) is 3.84. The smallest absolute Gasteiger partial charge is 0.0648 e. The van der Waals surface area contributed by atoms with Gasteiger partial charge in [-0.2, -0.15) is 0 Å². The number of hydrogen-bond acceptors (Lipinski definition) is 2. The third-order valence-electron chi connectivity index (χ3n) is 3.24. The van der Waals surface area contributed by atoms with Gasteiger partial charge in [-0.05, 0) is 80.2 Å². The molecule has 0 amide bonds. The maximum atomic E-state index is 6.24. The summed E-state index contributed by atoms with van der Waals surface area (Å²) in [5.41, 5.74) is 1.07. The first kappa shape index (κ1) is 13.4. The number of rotatable bonds is 2. The lowest BCUT2D eigenvalue weighted by Crippen LogP contribution is -2.23. The molecule has 1 N–H and O–H groups in total. The highest BCUT2D eigenvalue weighted by Gasteiger charge is 2.15. The van der Waals surface area contributed by atoms with Gasteiger partial charge >= 0.3 is 0 Å². The molecular weight excluding hydrogens is 347 g/mol. The van der Waals surface area contributed by atoms with Crippen LogP contribution in [-0.2, 0) is 0 Å². The van der Waals surface area contributed by atoms with E-state index in [1.165, 1.54) is 35.9 Å². The summed E-state index contributed by atoms with van der Waals surface area (Å²) in [5.74, 6) is 0. The van der Waals surface area contributed by atoms with E-state index in [0.717, 1.165) is 10.7 Å². The maximum absolute atomic E-state index is 6.24. The van der Waals surface area contributed by atoms with Crippen LogP contribution in [0.3, 0.4) is 0 Å². The Kier molecular flexibility index (Phi) is 4.94. The quantitative estimate of drug-likeness (QED) is 0.802. The molecule has 94 valence electrons. The highest BCUT2D eigenvalue weighted by atomic mass is 127. The zero-order chi connectivity index (χ0) is 12.3. The van der Waals surface area contributed by atoms with Crippen molar-refractivity contribution in [2.75, 3.05) is 25.5 Å². The average Bonchev–Trinajstić information content (AvgIpc) is 2.48. The second kappa shape index (κ2) is 6.25. The van der Waals surface area contributed by atoms with Crippen molar-refractivity contribution in [1.29, 1.82) is 0 Å². The Labute approximate surface area is 122 Å². The Bertz CT molecular complexity index is 384. The minimum atomic E-state index is 0.553. The molecule has 1 saturated heterocycles. The molecule has 1 unspecified atom stereocenters. The van der Waals surface area contributed by atoms with Gasteiger partial charge in [-0.15, -0.1) is 0 Å². The first-order valence-corrected chi connectivity index (χ1v) is 7.51. The van der Waals surface area contributed by atoms with Gasteiger partial charge in [-0.25, -0.2) is 0 Å². The molecule has 2 rings (SSSR count). The van der Waals surface area contributed by atoms with Crippen molar-refractivity contribution >= 4 is 39.9 Å². The van der Waals surface area contributed by atoms with Crippen molar-refractivity contribution < 1.29 is 0 Å². The Hall–Kier alpha value is -0.0000000000000000555. The average molecular weight is 365 g/mol. The first-order chi connectivity index (χ1) is 8.15. The number of hydrogen-bond donors (Lipinski definition) is 1. The molecule has 0 saturated carbocycles. The second-order valence-electron chi connectivity index (χ2n) is 4.70. The lowest BCUT2D eigenvalue weighted by molar-refractivity contribution is 0.348. The number of nitrogens with one attached hydrogen (secondary N) is 1. The van der Waals surface area contributed by atoms with Crippen LogP contribution in [0.4, 0.5) is 5.69 Å². The first-order valence-electron chi connectivity index (χ1n) is 6.05. The van der Waals surface area contributed by atoms with Gasteiger partial charge in [0.1, 0.15) is 0 Å². The molecule has 0 aromatic heterocycles. The van der Waals surface area contributed by atoms with Crippen molar-refractivity contribution in [2.45, 2.75) is 25.3 Å². The van der Waals surface area contributed by atoms with E-state index in [1.807, 2.05) is 6.07 Å². The number of benzene rings is 1. The third kappa shape index (κ3) is 4.00. The molecule has 1 heterocycles. The van der Waals surface area contributed by atoms with E-state index in [-0.39, 0.29) is 0 Å². The van der Waals surface area contributed by atoms with E-state index in [0.29, 0.717) is 6.04 Å². The van der Waals surface area contributed by atoms with Crippen molar-refractivity contribution in [3.63, 3.8) is 0 Å². The van der Waals surface area contributed by atoms with Gasteiger partial charge in [-0.3, -0.25) is 0 Å². The van der Waals surface area contributed by atoms with E-state index < -0.39 is 0 Å². The number of likely N-dealkylation sites (tertiary alicyclic amines) is 1. The van der Waals surface area contributed by atoms with Gasteiger partial charge in [-0.1, -0.05) is 11.6 Å². The Morgan fingerprint density at radius 1 is 1.35 bits per heavy atom. The molecule has 0 bridgehead atoms. The van der Waals surface area contributed by atoms with Gasteiger partial charge < -0.3 is 10.2 Å². The maximum Gasteiger partial charge on any atom is 0.0648 e. The minimum Gasteiger partial charge on any atom is -0.381 e. The molecule has 1 atom stereocenters. The number of halogens is 2. The molecule has 1 aliphatic rings. The van der Waals surface area contributed by atoms with E-state index in [2.05, 4.69) is 52.0 Å². The fourth-order valence-corrected chi connectivity index (χ4v) is 3.12. The largest absolute Gasteiger partial charge is 0.381 e. The molecule has 2 nitrogen and oxygen atoms in total. The molecule has 0 radical (unpaired) electrons. The molecule has 1 aliphatic heterocycles. The summed E-state index contributed by atoms with van der Waals surface area (Å²) in [6.07, 6.45) is 3.68. The van der Waals surface area contributed by atoms with Crippen LogP contribution >= 0.6 is 34.2 Å². The fraction of sp³-hybridized carbons (Fsp3) is 0.538. The Morgan fingerprint density at radius 3 is 2.94 bits per heavy atom. The summed E-state index contributed by atoms with van der Waals surface area (Å²) in [7, 11) is 2.19. The van der Waals surface area contributed by atoms with E-state index in [9.17, 15) is 0 Å². The summed E-state index contributed by atoms with van der Waals surface area (Å²) in [5, 5.41) is 4.40. The SMILES string of the molecule is CN1CCCC(Nc2ccc(I)cc2Cl)CC1. The molecule has 0 spiro atoms. The van der Waals surface area contributed by atoms with Crippen molar-refractivity contribution in [2.24, 2.45) is 0 Å². The molecule has 4 heteroatoms. The summed E-state index contributed by atoms with van der Waals surface area (Å²) >= 11 is 8.52. The molecule has 1 fully saturated rings. The van der Waals surface area contributed by atoms with Crippen LogP contribution in [0.25, 0.3) is 0 Å². The van der Waals surface area contributed by atoms with Crippen LogP contribution in [0.15, 0.2) is 18.2 Å². The van der Waals surface area contributed by atoms with Crippen molar-refractivity contribution in [1.82, 2.24) is 4.90 Å². The molecule has 1 aromatic rings. The van der Waals surface area contributed by atoms with Crippen LogP contribution < -0.4 is 5.32 Å². The summed E-state index contributed by atoms with van der Waals surface area (Å²) in [4.78, 5) is 2.40. The normalized spacial score (nSPS) is 22.2. The number of nitrogens with zero attached hydrogens (tertiary/aromatic N) is 1. The molecule has 1 aromatic carbocycles. The Morgan fingerprint density at radius 2 is 2.18 bits per heavy atom. The Balaban J connectivity index is 2.00. The molecular formula is C13H18ClIN2. The highest BCUT2D eigenvalue weighted by molar-refractivity contribution is 14.1. The lowest BCUT2D eigenvalue weighted by Gasteiger charge is -2.19. The molecule has 0 aliphatic carbocycles. The second-order valence-corrected chi connectivity index (χ2v) is 6.35. The van der Waals surface area contributed by atoms with Crippen LogP contribution in [-0.4, -0.2) is 31.1 Å². The summed E-state index contributed by atoms with van der Waals surface area (Å²) < 4.78 is 1.18.